The van der Waals surface area contributed by atoms with E-state index in [9.17, 15) is 0 Å². The van der Waals surface area contributed by atoms with Gasteiger partial charge in [0, 0.05) is 25.7 Å². The molecule has 0 aliphatic carbocycles. The number of nitrogens with one attached hydrogen (secondary N) is 1. The number of hydrogen-bond donors (Lipinski definition) is 1. The van der Waals surface area contributed by atoms with E-state index in [1.165, 1.54) is 6.42 Å². The molecule has 0 amide bonds. The van der Waals surface area contributed by atoms with E-state index in [4.69, 9.17) is 4.98 Å². The Hall–Kier alpha value is -1.09. The molecule has 0 saturated heterocycles. The molecule has 0 bridgehead atoms. The highest BCUT2D eigenvalue weighted by molar-refractivity contribution is 5.38. The van der Waals surface area contributed by atoms with Crippen LogP contribution in [0.4, 0.5) is 5.82 Å². The fourth-order valence-corrected chi connectivity index (χ4v) is 1.82. The summed E-state index contributed by atoms with van der Waals surface area (Å²) >= 11 is 0. The maximum atomic E-state index is 4.73. The van der Waals surface area contributed by atoms with Gasteiger partial charge in [0.05, 0.1) is 5.69 Å². The minimum Gasteiger partial charge on any atom is -0.359 e. The first kappa shape index (κ1) is 16.0. The lowest BCUT2D eigenvalue weighted by Crippen LogP contribution is -2.35. The second-order valence-corrected chi connectivity index (χ2v) is 6.48. The van der Waals surface area contributed by atoms with E-state index >= 15 is 0 Å². The molecule has 108 valence electrons. The van der Waals surface area contributed by atoms with Gasteiger partial charge in [-0.05, 0) is 38.8 Å². The predicted molar refractivity (Wildman–Crippen MR) is 83.6 cm³/mol. The van der Waals surface area contributed by atoms with Crippen LogP contribution in [0, 0.1) is 5.92 Å². The van der Waals surface area contributed by atoms with E-state index in [2.05, 4.69) is 70.1 Å². The van der Waals surface area contributed by atoms with E-state index in [1.54, 1.807) is 0 Å². The average Bonchev–Trinajstić information content (AvgIpc) is 2.35. The van der Waals surface area contributed by atoms with Gasteiger partial charge in [0.2, 0.25) is 0 Å². The standard InChI is InChI=1S/C16H29N3/c1-7-13(2)12-19(6)15-10-8-9-14(18-15)11-17-16(3,4)5/h8-10,13,17H,7,11-12H2,1-6H3. The zero-order chi connectivity index (χ0) is 14.5. The fourth-order valence-electron chi connectivity index (χ4n) is 1.82. The zero-order valence-corrected chi connectivity index (χ0v) is 13.3. The average molecular weight is 263 g/mol. The molecule has 1 aromatic heterocycles. The molecular formula is C16H29N3. The molecular weight excluding hydrogens is 234 g/mol. The summed E-state index contributed by atoms with van der Waals surface area (Å²) in [5.74, 6) is 1.76. The molecule has 0 spiro atoms. The first-order valence-electron chi connectivity index (χ1n) is 7.24. The van der Waals surface area contributed by atoms with Crippen molar-refractivity contribution in [2.24, 2.45) is 5.92 Å². The Morgan fingerprint density at radius 3 is 2.58 bits per heavy atom. The highest BCUT2D eigenvalue weighted by atomic mass is 15.2. The van der Waals surface area contributed by atoms with Crippen molar-refractivity contribution in [3.05, 3.63) is 23.9 Å². The summed E-state index contributed by atoms with van der Waals surface area (Å²) in [6.45, 7) is 12.9. The molecule has 0 radical (unpaired) electrons. The van der Waals surface area contributed by atoms with Gasteiger partial charge in [-0.15, -0.1) is 0 Å². The van der Waals surface area contributed by atoms with Crippen molar-refractivity contribution in [1.29, 1.82) is 0 Å². The Bertz CT molecular complexity index is 382. The summed E-state index contributed by atoms with van der Waals surface area (Å²) in [5.41, 5.74) is 1.23. The van der Waals surface area contributed by atoms with Crippen LogP contribution in [-0.4, -0.2) is 24.1 Å². The Labute approximate surface area is 118 Å². The molecule has 0 aromatic carbocycles. The van der Waals surface area contributed by atoms with Gasteiger partial charge in [-0.25, -0.2) is 4.98 Å². The summed E-state index contributed by atoms with van der Waals surface area (Å²) in [7, 11) is 2.12. The van der Waals surface area contributed by atoms with Gasteiger partial charge in [0.25, 0.3) is 0 Å². The second kappa shape index (κ2) is 6.90. The first-order chi connectivity index (χ1) is 8.81. The van der Waals surface area contributed by atoms with Crippen LogP contribution in [0.5, 0.6) is 0 Å². The maximum absolute atomic E-state index is 4.73. The van der Waals surface area contributed by atoms with Crippen molar-refractivity contribution in [2.45, 2.75) is 53.1 Å². The molecule has 3 nitrogen and oxygen atoms in total. The van der Waals surface area contributed by atoms with Gasteiger partial charge in [0.15, 0.2) is 0 Å². The lowest BCUT2D eigenvalue weighted by atomic mass is 10.1. The summed E-state index contributed by atoms with van der Waals surface area (Å²) in [4.78, 5) is 6.97. The third-order valence-electron chi connectivity index (χ3n) is 3.27. The molecule has 1 rings (SSSR count). The minimum atomic E-state index is 0.125. The fraction of sp³-hybridized carbons (Fsp3) is 0.688. The van der Waals surface area contributed by atoms with E-state index in [-0.39, 0.29) is 5.54 Å². The van der Waals surface area contributed by atoms with Crippen molar-refractivity contribution in [2.75, 3.05) is 18.5 Å². The van der Waals surface area contributed by atoms with Gasteiger partial charge < -0.3 is 10.2 Å². The molecule has 0 fully saturated rings. The largest absolute Gasteiger partial charge is 0.359 e. The Morgan fingerprint density at radius 1 is 1.32 bits per heavy atom. The van der Waals surface area contributed by atoms with Gasteiger partial charge in [-0.2, -0.15) is 0 Å². The van der Waals surface area contributed by atoms with E-state index in [1.807, 2.05) is 0 Å². The Balaban J connectivity index is 2.66. The number of nitrogens with zero attached hydrogens (tertiary/aromatic N) is 2. The first-order valence-corrected chi connectivity index (χ1v) is 7.24. The molecule has 0 saturated carbocycles. The lowest BCUT2D eigenvalue weighted by molar-refractivity contribution is 0.421. The van der Waals surface area contributed by atoms with Crippen LogP contribution in [0.3, 0.4) is 0 Å². The number of rotatable bonds is 6. The number of anilines is 1. The van der Waals surface area contributed by atoms with Crippen molar-refractivity contribution in [3.8, 4) is 0 Å². The molecule has 1 atom stereocenters. The van der Waals surface area contributed by atoms with Crippen molar-refractivity contribution in [1.82, 2.24) is 10.3 Å². The Morgan fingerprint density at radius 2 is 2.00 bits per heavy atom. The molecule has 1 aromatic rings. The number of aromatic nitrogens is 1. The molecule has 0 aliphatic heterocycles. The monoisotopic (exact) mass is 263 g/mol. The number of pyridine rings is 1. The summed E-state index contributed by atoms with van der Waals surface area (Å²) < 4.78 is 0. The van der Waals surface area contributed by atoms with Gasteiger partial charge in [-0.1, -0.05) is 26.3 Å². The molecule has 3 heteroatoms. The smallest absolute Gasteiger partial charge is 0.128 e. The van der Waals surface area contributed by atoms with E-state index in [0.29, 0.717) is 5.92 Å². The quantitative estimate of drug-likeness (QED) is 0.852. The van der Waals surface area contributed by atoms with Gasteiger partial charge in [-0.3, -0.25) is 0 Å². The topological polar surface area (TPSA) is 28.2 Å². The summed E-state index contributed by atoms with van der Waals surface area (Å²) in [6.07, 6.45) is 1.20. The van der Waals surface area contributed by atoms with Crippen LogP contribution in [0.2, 0.25) is 0 Å². The van der Waals surface area contributed by atoms with Crippen LogP contribution in [0.15, 0.2) is 18.2 Å². The van der Waals surface area contributed by atoms with Crippen molar-refractivity contribution in [3.63, 3.8) is 0 Å². The zero-order valence-electron chi connectivity index (χ0n) is 13.3. The molecule has 1 N–H and O–H groups in total. The highest BCUT2D eigenvalue weighted by Gasteiger charge is 2.10. The number of hydrogen-bond acceptors (Lipinski definition) is 3. The molecule has 1 heterocycles. The van der Waals surface area contributed by atoms with Gasteiger partial charge in [0.1, 0.15) is 5.82 Å². The molecule has 1 unspecified atom stereocenters. The summed E-state index contributed by atoms with van der Waals surface area (Å²) in [5, 5.41) is 3.48. The third-order valence-corrected chi connectivity index (χ3v) is 3.27. The van der Waals surface area contributed by atoms with Crippen molar-refractivity contribution < 1.29 is 0 Å². The van der Waals surface area contributed by atoms with Crippen LogP contribution < -0.4 is 10.2 Å². The molecule has 19 heavy (non-hydrogen) atoms. The van der Waals surface area contributed by atoms with Crippen LogP contribution in [0.25, 0.3) is 0 Å². The highest BCUT2D eigenvalue weighted by Crippen LogP contribution is 2.13. The third kappa shape index (κ3) is 6.06. The maximum Gasteiger partial charge on any atom is 0.128 e. The van der Waals surface area contributed by atoms with Gasteiger partial charge >= 0.3 is 0 Å². The van der Waals surface area contributed by atoms with Crippen molar-refractivity contribution >= 4 is 5.82 Å². The van der Waals surface area contributed by atoms with E-state index in [0.717, 1.165) is 24.6 Å². The van der Waals surface area contributed by atoms with E-state index < -0.39 is 0 Å². The van der Waals surface area contributed by atoms with Crippen LogP contribution >= 0.6 is 0 Å². The second-order valence-electron chi connectivity index (χ2n) is 6.48. The Kier molecular flexibility index (Phi) is 5.80. The SMILES string of the molecule is CCC(C)CN(C)c1cccc(CNC(C)(C)C)n1. The normalized spacial score (nSPS) is 13.4. The lowest BCUT2D eigenvalue weighted by Gasteiger charge is -2.23. The minimum absolute atomic E-state index is 0.125. The molecule has 0 aliphatic rings. The summed E-state index contributed by atoms with van der Waals surface area (Å²) in [6, 6.07) is 6.26. The van der Waals surface area contributed by atoms with Crippen LogP contribution in [-0.2, 0) is 6.54 Å². The predicted octanol–water partition coefficient (Wildman–Crippen LogP) is 3.45. The van der Waals surface area contributed by atoms with Crippen LogP contribution in [0.1, 0.15) is 46.7 Å².